The molecule has 5 rings (SSSR count). The number of rotatable bonds is 11. The van der Waals surface area contributed by atoms with Crippen LogP contribution in [0.2, 0.25) is 0 Å². The number of aliphatic carboxylic acids is 1. The van der Waals surface area contributed by atoms with Gasteiger partial charge >= 0.3 is 5.97 Å². The molecule has 4 aromatic rings. The van der Waals surface area contributed by atoms with Gasteiger partial charge in [-0.25, -0.2) is 9.97 Å². The quantitative estimate of drug-likeness (QED) is 0.155. The van der Waals surface area contributed by atoms with Crippen molar-refractivity contribution < 1.29 is 19.5 Å². The highest BCUT2D eigenvalue weighted by Gasteiger charge is 2.25. The second kappa shape index (κ2) is 15.0. The molecule has 0 unspecified atom stereocenters. The smallest absolute Gasteiger partial charge is 0.322 e. The first-order chi connectivity index (χ1) is 22.5. The molecule has 2 heterocycles. The highest BCUT2D eigenvalue weighted by molar-refractivity contribution is 7.14. The lowest BCUT2D eigenvalue weighted by Crippen LogP contribution is -2.49. The van der Waals surface area contributed by atoms with Gasteiger partial charge in [-0.15, -0.1) is 11.3 Å². The predicted octanol–water partition coefficient (Wildman–Crippen LogP) is 7.40. The van der Waals surface area contributed by atoms with Crippen LogP contribution in [0.1, 0.15) is 91.4 Å². The lowest BCUT2D eigenvalue weighted by molar-refractivity contribution is -0.138. The summed E-state index contributed by atoms with van der Waals surface area (Å²) in [7, 11) is 0. The number of carbonyl (C=O) groups is 3. The van der Waals surface area contributed by atoms with E-state index in [0.717, 1.165) is 33.0 Å². The Bertz CT molecular complexity index is 1670. The number of benzene rings is 2. The van der Waals surface area contributed by atoms with Crippen molar-refractivity contribution in [2.45, 2.75) is 83.6 Å². The van der Waals surface area contributed by atoms with Gasteiger partial charge in [0.2, 0.25) is 5.91 Å². The average Bonchev–Trinajstić information content (AvgIpc) is 3.59. The summed E-state index contributed by atoms with van der Waals surface area (Å²) in [5.41, 5.74) is 4.98. The fourth-order valence-corrected chi connectivity index (χ4v) is 7.06. The van der Waals surface area contributed by atoms with Gasteiger partial charge in [0.05, 0.1) is 4.88 Å². The number of nitrogens with zero attached hydrogens (tertiary/aromatic N) is 2. The molecule has 1 fully saturated rings. The summed E-state index contributed by atoms with van der Waals surface area (Å²) in [5, 5.41) is 14.3. The topological polar surface area (TPSA) is 121 Å². The number of carbonyl (C=O) groups excluding carboxylic acids is 2. The number of carboxylic acids is 1. The van der Waals surface area contributed by atoms with E-state index in [9.17, 15) is 14.4 Å². The molecule has 9 heteroatoms. The predicted molar refractivity (Wildman–Crippen MR) is 187 cm³/mol. The van der Waals surface area contributed by atoms with Gasteiger partial charge in [0.1, 0.15) is 12.6 Å². The van der Waals surface area contributed by atoms with Crippen LogP contribution in [0.25, 0.3) is 22.5 Å². The number of hydrogen-bond donors (Lipinski definition) is 3. The number of thiophene rings is 1. The Labute approximate surface area is 281 Å². The fourth-order valence-electron chi connectivity index (χ4n) is 6.09. The molecule has 1 saturated carbocycles. The van der Waals surface area contributed by atoms with Crippen LogP contribution in [-0.2, 0) is 21.4 Å². The second-order valence-corrected chi connectivity index (χ2v) is 14.6. The van der Waals surface area contributed by atoms with E-state index in [1.54, 1.807) is 6.07 Å². The van der Waals surface area contributed by atoms with Crippen molar-refractivity contribution in [2.24, 2.45) is 5.92 Å². The molecule has 1 aliphatic carbocycles. The van der Waals surface area contributed by atoms with Crippen LogP contribution in [0.3, 0.4) is 0 Å². The van der Waals surface area contributed by atoms with E-state index in [-0.39, 0.29) is 17.7 Å². The van der Waals surface area contributed by atoms with Crippen LogP contribution in [0.15, 0.2) is 73.1 Å². The normalized spacial score (nSPS) is 17.1. The average molecular weight is 653 g/mol. The Hall–Kier alpha value is -4.37. The summed E-state index contributed by atoms with van der Waals surface area (Å²) in [4.78, 5) is 47.9. The van der Waals surface area contributed by atoms with Crippen LogP contribution in [0.5, 0.6) is 0 Å². The molecule has 0 saturated heterocycles. The summed E-state index contributed by atoms with van der Waals surface area (Å²) in [6.45, 7) is 7.98. The molecule has 0 spiro atoms. The molecule has 1 atom stereocenters. The molecule has 0 aliphatic heterocycles. The third-order valence-electron chi connectivity index (χ3n) is 9.05. The first-order valence-corrected chi connectivity index (χ1v) is 17.2. The van der Waals surface area contributed by atoms with E-state index in [4.69, 9.17) is 5.11 Å². The maximum Gasteiger partial charge on any atom is 0.322 e. The maximum absolute atomic E-state index is 13.1. The second-order valence-electron chi connectivity index (χ2n) is 13.5. The Morgan fingerprint density at radius 3 is 2.09 bits per heavy atom. The first-order valence-electron chi connectivity index (χ1n) is 16.4. The van der Waals surface area contributed by atoms with Crippen LogP contribution in [0.4, 0.5) is 0 Å². The standard InChI is InChI=1S/C38H44N4O4S/c1-5-24-6-10-26(11-7-24)27-14-16-28(17-15-27)30-21-39-35(40-22-30)29-12-8-25(9-13-29)20-31(36(45)41-23-34(43)44)42-37(46)32-18-19-33(47-32)38(2,3)4/h8-9,12-19,21-22,24,26,31H,5-7,10-11,20,23H2,1-4H3,(H,41,45)(H,42,46)(H,43,44)/t24?,26?,31-/m0/s1. The van der Waals surface area contributed by atoms with Crippen molar-refractivity contribution in [2.75, 3.05) is 6.54 Å². The Morgan fingerprint density at radius 1 is 0.872 bits per heavy atom. The van der Waals surface area contributed by atoms with Crippen LogP contribution < -0.4 is 10.6 Å². The monoisotopic (exact) mass is 652 g/mol. The van der Waals surface area contributed by atoms with E-state index >= 15 is 0 Å². The zero-order valence-corrected chi connectivity index (χ0v) is 28.4. The molecule has 8 nitrogen and oxygen atoms in total. The number of aromatic nitrogens is 2. The zero-order chi connectivity index (χ0) is 33.6. The third-order valence-corrected chi connectivity index (χ3v) is 10.6. The molecular weight excluding hydrogens is 609 g/mol. The third kappa shape index (κ3) is 8.92. The van der Waals surface area contributed by atoms with Crippen LogP contribution in [-0.4, -0.2) is 45.4 Å². The van der Waals surface area contributed by atoms with E-state index in [1.165, 1.54) is 49.0 Å². The van der Waals surface area contributed by atoms with Gasteiger partial charge in [0.15, 0.2) is 5.82 Å². The Kier molecular flexibility index (Phi) is 10.9. The Morgan fingerprint density at radius 2 is 1.51 bits per heavy atom. The van der Waals surface area contributed by atoms with Crippen molar-refractivity contribution in [1.29, 1.82) is 0 Å². The van der Waals surface area contributed by atoms with E-state index in [2.05, 4.69) is 72.6 Å². The van der Waals surface area contributed by atoms with Gasteiger partial charge in [-0.05, 0) is 71.8 Å². The van der Waals surface area contributed by atoms with Crippen molar-refractivity contribution in [3.63, 3.8) is 0 Å². The minimum absolute atomic E-state index is 0.105. The summed E-state index contributed by atoms with van der Waals surface area (Å²) < 4.78 is 0. The van der Waals surface area contributed by atoms with Gasteiger partial charge in [0, 0.05) is 34.8 Å². The molecule has 3 N–H and O–H groups in total. The van der Waals surface area contributed by atoms with Gasteiger partial charge in [0.25, 0.3) is 5.91 Å². The minimum Gasteiger partial charge on any atom is -0.480 e. The van der Waals surface area contributed by atoms with Crippen LogP contribution >= 0.6 is 11.3 Å². The van der Waals surface area contributed by atoms with Gasteiger partial charge in [-0.1, -0.05) is 82.6 Å². The van der Waals surface area contributed by atoms with Crippen LogP contribution in [0, 0.1) is 5.92 Å². The Balaban J connectivity index is 1.23. The van der Waals surface area contributed by atoms with Gasteiger partial charge in [-0.3, -0.25) is 14.4 Å². The molecule has 2 amide bonds. The number of carboxylic acid groups (broad SMARTS) is 1. The number of hydrogen-bond acceptors (Lipinski definition) is 6. The molecule has 0 bridgehead atoms. The lowest BCUT2D eigenvalue weighted by Gasteiger charge is -2.28. The van der Waals surface area contributed by atoms with E-state index < -0.39 is 24.5 Å². The minimum atomic E-state index is -1.16. The summed E-state index contributed by atoms with van der Waals surface area (Å²) in [5.74, 6) is 0.0297. The van der Waals surface area contributed by atoms with Crippen molar-refractivity contribution in [3.05, 3.63) is 93.9 Å². The number of nitrogens with one attached hydrogen (secondary N) is 2. The SMILES string of the molecule is CCC1CCC(c2ccc(-c3cnc(-c4ccc(C[C@H](NC(=O)c5ccc(C(C)(C)C)s5)C(=O)NCC(=O)O)cc4)nc3)cc2)CC1. The largest absolute Gasteiger partial charge is 0.480 e. The highest BCUT2D eigenvalue weighted by Crippen LogP contribution is 2.37. The van der Waals surface area contributed by atoms with E-state index in [1.807, 2.05) is 42.7 Å². The van der Waals surface area contributed by atoms with Gasteiger partial charge < -0.3 is 15.7 Å². The van der Waals surface area contributed by atoms with Crippen molar-refractivity contribution in [1.82, 2.24) is 20.6 Å². The molecule has 2 aromatic heterocycles. The molecule has 246 valence electrons. The number of amides is 2. The summed E-state index contributed by atoms with van der Waals surface area (Å²) in [6, 6.07) is 19.0. The molecule has 1 aliphatic rings. The molecule has 47 heavy (non-hydrogen) atoms. The molecular formula is C38H44N4O4S. The van der Waals surface area contributed by atoms with Crippen molar-refractivity contribution >= 4 is 29.1 Å². The summed E-state index contributed by atoms with van der Waals surface area (Å²) in [6.07, 6.45) is 10.3. The van der Waals surface area contributed by atoms with E-state index in [0.29, 0.717) is 16.6 Å². The highest BCUT2D eigenvalue weighted by atomic mass is 32.1. The lowest BCUT2D eigenvalue weighted by atomic mass is 9.78. The van der Waals surface area contributed by atoms with Crippen molar-refractivity contribution in [3.8, 4) is 22.5 Å². The maximum atomic E-state index is 13.1. The summed E-state index contributed by atoms with van der Waals surface area (Å²) >= 11 is 1.38. The first kappa shape index (κ1) is 34.0. The molecule has 0 radical (unpaired) electrons. The zero-order valence-electron chi connectivity index (χ0n) is 27.6. The molecule has 2 aromatic carbocycles. The van der Waals surface area contributed by atoms with Gasteiger partial charge in [-0.2, -0.15) is 0 Å². The fraction of sp³-hybridized carbons (Fsp3) is 0.395.